The van der Waals surface area contributed by atoms with Crippen molar-refractivity contribution in [3.63, 3.8) is 0 Å². The van der Waals surface area contributed by atoms with Gasteiger partial charge in [0.05, 0.1) is 8.07 Å². The summed E-state index contributed by atoms with van der Waals surface area (Å²) in [5.41, 5.74) is 9.73. The van der Waals surface area contributed by atoms with Crippen molar-refractivity contribution in [1.82, 2.24) is 0 Å². The summed E-state index contributed by atoms with van der Waals surface area (Å²) in [7, 11) is -1.25. The Bertz CT molecular complexity index is 799. The maximum atomic E-state index is 2.52. The molecular weight excluding hydrogens is 328 g/mol. The van der Waals surface area contributed by atoms with E-state index in [1.165, 1.54) is 39.0 Å². The van der Waals surface area contributed by atoms with Crippen LogP contribution in [-0.2, 0) is 0 Å². The van der Waals surface area contributed by atoms with Crippen LogP contribution in [0.5, 0.6) is 0 Å². The fourth-order valence-electron chi connectivity index (χ4n) is 4.20. The summed E-state index contributed by atoms with van der Waals surface area (Å²) in [6.07, 6.45) is 6.14. The monoisotopic (exact) mass is 360 g/mol. The Balaban J connectivity index is 2.16. The van der Waals surface area contributed by atoms with E-state index in [0.29, 0.717) is 5.92 Å². The first-order chi connectivity index (χ1) is 12.1. The molecule has 0 saturated carbocycles. The van der Waals surface area contributed by atoms with Crippen molar-refractivity contribution in [2.24, 2.45) is 0 Å². The van der Waals surface area contributed by atoms with Crippen LogP contribution in [0.15, 0.2) is 59.3 Å². The predicted molar refractivity (Wildman–Crippen MR) is 118 cm³/mol. The minimum Gasteiger partial charge on any atom is -0.0771 e. The van der Waals surface area contributed by atoms with Gasteiger partial charge in [0.1, 0.15) is 0 Å². The van der Waals surface area contributed by atoms with Crippen molar-refractivity contribution in [2.45, 2.75) is 59.7 Å². The highest BCUT2D eigenvalue weighted by atomic mass is 28.3. The SMILES string of the molecule is Cc1cc(C)cc(C(C2=CCC([Si](C)(C)C)=C2)c2cc(C)cc(C)c2)c1. The summed E-state index contributed by atoms with van der Waals surface area (Å²) in [4.78, 5) is 0. The molecule has 0 aromatic heterocycles. The zero-order chi connectivity index (χ0) is 19.1. The molecule has 2 aromatic rings. The van der Waals surface area contributed by atoms with E-state index >= 15 is 0 Å². The second-order valence-corrected chi connectivity index (χ2v) is 14.2. The van der Waals surface area contributed by atoms with Crippen molar-refractivity contribution in [2.75, 3.05) is 0 Å². The first-order valence-corrected chi connectivity index (χ1v) is 13.2. The molecular formula is C25H32Si. The van der Waals surface area contributed by atoms with Crippen LogP contribution in [0.25, 0.3) is 0 Å². The molecule has 0 amide bonds. The first-order valence-electron chi connectivity index (χ1n) is 9.71. The molecule has 0 fully saturated rings. The molecule has 0 N–H and O–H groups in total. The van der Waals surface area contributed by atoms with E-state index in [1.54, 1.807) is 5.20 Å². The van der Waals surface area contributed by atoms with Gasteiger partial charge in [0.2, 0.25) is 0 Å². The molecule has 3 rings (SSSR count). The highest BCUT2D eigenvalue weighted by Crippen LogP contribution is 2.39. The summed E-state index contributed by atoms with van der Waals surface area (Å²) in [6.45, 7) is 16.2. The van der Waals surface area contributed by atoms with Gasteiger partial charge in [-0.15, -0.1) is 0 Å². The van der Waals surface area contributed by atoms with Crippen LogP contribution in [0.2, 0.25) is 19.6 Å². The van der Waals surface area contributed by atoms with Crippen molar-refractivity contribution in [1.29, 1.82) is 0 Å². The highest BCUT2D eigenvalue weighted by Gasteiger charge is 2.27. The van der Waals surface area contributed by atoms with Crippen molar-refractivity contribution in [3.05, 3.63) is 92.7 Å². The minimum atomic E-state index is -1.25. The van der Waals surface area contributed by atoms with Gasteiger partial charge in [0.25, 0.3) is 0 Å². The fourth-order valence-corrected chi connectivity index (χ4v) is 5.52. The number of hydrogen-bond donors (Lipinski definition) is 0. The molecule has 0 saturated heterocycles. The van der Waals surface area contributed by atoms with Gasteiger partial charge < -0.3 is 0 Å². The summed E-state index contributed by atoms with van der Waals surface area (Å²) >= 11 is 0. The minimum absolute atomic E-state index is 0.334. The Morgan fingerprint density at radius 2 is 1.12 bits per heavy atom. The molecule has 0 spiro atoms. The van der Waals surface area contributed by atoms with Gasteiger partial charge in [-0.1, -0.05) is 95.6 Å². The summed E-state index contributed by atoms with van der Waals surface area (Å²) in [6, 6.07) is 14.0. The average Bonchev–Trinajstić information content (AvgIpc) is 2.95. The lowest BCUT2D eigenvalue weighted by Crippen LogP contribution is -2.22. The van der Waals surface area contributed by atoms with Gasteiger partial charge in [-0.3, -0.25) is 0 Å². The number of rotatable bonds is 4. The third-order valence-electron chi connectivity index (χ3n) is 5.35. The standard InChI is InChI=1S/C25H32Si/c1-17-10-18(2)13-22(12-17)25(23-14-19(3)11-20(4)15-23)21-8-9-24(16-21)26(5,6)7/h8,10-16,25H,9H2,1-7H3. The topological polar surface area (TPSA) is 0 Å². The Hall–Kier alpha value is -1.86. The number of allylic oxidation sites excluding steroid dienone is 4. The molecule has 1 aliphatic rings. The lowest BCUT2D eigenvalue weighted by Gasteiger charge is -2.22. The van der Waals surface area contributed by atoms with E-state index < -0.39 is 8.07 Å². The van der Waals surface area contributed by atoms with E-state index in [9.17, 15) is 0 Å². The molecule has 26 heavy (non-hydrogen) atoms. The van der Waals surface area contributed by atoms with Gasteiger partial charge in [0.15, 0.2) is 0 Å². The van der Waals surface area contributed by atoms with Gasteiger partial charge in [-0.2, -0.15) is 0 Å². The van der Waals surface area contributed by atoms with E-state index in [-0.39, 0.29) is 0 Å². The first kappa shape index (κ1) is 18.9. The van der Waals surface area contributed by atoms with Crippen LogP contribution in [0.4, 0.5) is 0 Å². The smallest absolute Gasteiger partial charge is 0.0728 e. The van der Waals surface area contributed by atoms with Crippen LogP contribution >= 0.6 is 0 Å². The number of benzene rings is 2. The van der Waals surface area contributed by atoms with Crippen LogP contribution in [0, 0.1) is 27.7 Å². The van der Waals surface area contributed by atoms with Crippen LogP contribution in [0.1, 0.15) is 45.7 Å². The largest absolute Gasteiger partial charge is 0.0771 e. The summed E-state index contributed by atoms with van der Waals surface area (Å²) in [5, 5.41) is 1.67. The molecule has 0 radical (unpaired) electrons. The molecule has 0 atom stereocenters. The third-order valence-corrected chi connectivity index (χ3v) is 7.63. The summed E-state index contributed by atoms with van der Waals surface area (Å²) in [5.74, 6) is 0.334. The van der Waals surface area contributed by atoms with Gasteiger partial charge >= 0.3 is 0 Å². The molecule has 1 aliphatic carbocycles. The van der Waals surface area contributed by atoms with Crippen LogP contribution < -0.4 is 0 Å². The number of aryl methyl sites for hydroxylation is 4. The normalized spacial score (nSPS) is 14.6. The molecule has 0 heterocycles. The molecule has 0 nitrogen and oxygen atoms in total. The molecule has 1 heteroatoms. The average molecular weight is 361 g/mol. The lowest BCUT2D eigenvalue weighted by molar-refractivity contribution is 0.966. The Morgan fingerprint density at radius 3 is 1.46 bits per heavy atom. The maximum absolute atomic E-state index is 2.52. The van der Waals surface area contributed by atoms with Gasteiger partial charge in [-0.25, -0.2) is 0 Å². The molecule has 0 unspecified atom stereocenters. The zero-order valence-corrected chi connectivity index (χ0v) is 18.4. The van der Waals surface area contributed by atoms with Gasteiger partial charge in [0, 0.05) is 5.92 Å². The van der Waals surface area contributed by atoms with E-state index in [2.05, 4.69) is 95.9 Å². The highest BCUT2D eigenvalue weighted by molar-refractivity contribution is 6.83. The molecule has 0 bridgehead atoms. The predicted octanol–water partition coefficient (Wildman–Crippen LogP) is 7.19. The maximum Gasteiger partial charge on any atom is 0.0728 e. The van der Waals surface area contributed by atoms with E-state index in [1.807, 2.05) is 0 Å². The Labute approximate surface area is 160 Å². The second-order valence-electron chi connectivity index (χ2n) is 9.10. The second kappa shape index (κ2) is 7.04. The van der Waals surface area contributed by atoms with E-state index in [4.69, 9.17) is 0 Å². The van der Waals surface area contributed by atoms with Gasteiger partial charge in [-0.05, 0) is 50.8 Å². The lowest BCUT2D eigenvalue weighted by atomic mass is 9.83. The Morgan fingerprint density at radius 1 is 0.692 bits per heavy atom. The zero-order valence-electron chi connectivity index (χ0n) is 17.4. The van der Waals surface area contributed by atoms with Crippen molar-refractivity contribution >= 4 is 8.07 Å². The number of hydrogen-bond acceptors (Lipinski definition) is 0. The summed E-state index contributed by atoms with van der Waals surface area (Å²) < 4.78 is 0. The third kappa shape index (κ3) is 4.10. The van der Waals surface area contributed by atoms with Crippen LogP contribution in [0.3, 0.4) is 0 Å². The fraction of sp³-hybridized carbons (Fsp3) is 0.360. The molecule has 2 aromatic carbocycles. The van der Waals surface area contributed by atoms with Crippen LogP contribution in [-0.4, -0.2) is 8.07 Å². The van der Waals surface area contributed by atoms with Crippen molar-refractivity contribution in [3.8, 4) is 0 Å². The quantitative estimate of drug-likeness (QED) is 0.506. The molecule has 0 aliphatic heterocycles. The van der Waals surface area contributed by atoms with Crippen molar-refractivity contribution < 1.29 is 0 Å². The Kier molecular flexibility index (Phi) is 5.12. The molecule has 136 valence electrons. The van der Waals surface area contributed by atoms with E-state index in [0.717, 1.165) is 6.42 Å².